The number of carbonyl (C=O) groups excluding carboxylic acids is 2. The third-order valence-electron chi connectivity index (χ3n) is 6.57. The van der Waals surface area contributed by atoms with Crippen molar-refractivity contribution in [1.82, 2.24) is 9.47 Å². The predicted octanol–water partition coefficient (Wildman–Crippen LogP) is 5.75. The average molecular weight is 477 g/mol. The SMILES string of the molecule is CN1C(=O)c2ccccc2[C@H](C(=O)Nc2cccc(C(F)(F)F)c2)[C@@H]1c1cn(C)c2ccccc12. The van der Waals surface area contributed by atoms with E-state index in [2.05, 4.69) is 5.32 Å². The van der Waals surface area contributed by atoms with Crippen LogP contribution in [0.3, 0.4) is 0 Å². The highest BCUT2D eigenvalue weighted by atomic mass is 19.4. The normalized spacial score (nSPS) is 18.0. The van der Waals surface area contributed by atoms with Gasteiger partial charge in [0.05, 0.1) is 17.5 Å². The first-order valence-corrected chi connectivity index (χ1v) is 11.0. The van der Waals surface area contributed by atoms with Crippen molar-refractivity contribution in [1.29, 1.82) is 0 Å². The van der Waals surface area contributed by atoms with Gasteiger partial charge in [-0.25, -0.2) is 0 Å². The molecule has 178 valence electrons. The molecule has 35 heavy (non-hydrogen) atoms. The van der Waals surface area contributed by atoms with Gasteiger partial charge in [0.1, 0.15) is 0 Å². The van der Waals surface area contributed by atoms with E-state index in [9.17, 15) is 22.8 Å². The Bertz CT molecular complexity index is 1460. The molecule has 1 aromatic heterocycles. The predicted molar refractivity (Wildman–Crippen MR) is 127 cm³/mol. The molecule has 0 unspecified atom stereocenters. The van der Waals surface area contributed by atoms with E-state index in [1.54, 1.807) is 36.2 Å². The lowest BCUT2D eigenvalue weighted by molar-refractivity contribution is -0.137. The molecule has 1 N–H and O–H groups in total. The van der Waals surface area contributed by atoms with Gasteiger partial charge in [0.15, 0.2) is 0 Å². The quantitative estimate of drug-likeness (QED) is 0.409. The van der Waals surface area contributed by atoms with Crippen molar-refractivity contribution < 1.29 is 22.8 Å². The number of rotatable bonds is 3. The highest BCUT2D eigenvalue weighted by Gasteiger charge is 2.43. The van der Waals surface area contributed by atoms with Crippen molar-refractivity contribution in [2.75, 3.05) is 12.4 Å². The first kappa shape index (κ1) is 22.7. The fourth-order valence-electron chi connectivity index (χ4n) is 4.95. The second-order valence-electron chi connectivity index (χ2n) is 8.71. The highest BCUT2D eigenvalue weighted by Crippen LogP contribution is 2.45. The first-order chi connectivity index (χ1) is 16.7. The summed E-state index contributed by atoms with van der Waals surface area (Å²) in [5.41, 5.74) is 1.86. The molecule has 0 saturated carbocycles. The molecule has 2 amide bonds. The monoisotopic (exact) mass is 477 g/mol. The minimum Gasteiger partial charge on any atom is -0.350 e. The molecule has 0 radical (unpaired) electrons. The Hall–Kier alpha value is -4.07. The van der Waals surface area contributed by atoms with Gasteiger partial charge < -0.3 is 14.8 Å². The van der Waals surface area contributed by atoms with Crippen molar-refractivity contribution in [3.63, 3.8) is 0 Å². The second-order valence-corrected chi connectivity index (χ2v) is 8.71. The van der Waals surface area contributed by atoms with Gasteiger partial charge in [-0.3, -0.25) is 9.59 Å². The first-order valence-electron chi connectivity index (χ1n) is 11.0. The van der Waals surface area contributed by atoms with Crippen molar-refractivity contribution in [3.05, 3.63) is 101 Å². The number of alkyl halides is 3. The van der Waals surface area contributed by atoms with Crippen LogP contribution in [0.2, 0.25) is 0 Å². The van der Waals surface area contributed by atoms with Gasteiger partial charge >= 0.3 is 6.18 Å². The van der Waals surface area contributed by atoms with E-state index in [1.807, 2.05) is 42.1 Å². The lowest BCUT2D eigenvalue weighted by Gasteiger charge is -2.39. The zero-order chi connectivity index (χ0) is 24.9. The van der Waals surface area contributed by atoms with Crippen LogP contribution in [0.25, 0.3) is 10.9 Å². The number of hydrogen-bond donors (Lipinski definition) is 1. The van der Waals surface area contributed by atoms with E-state index in [-0.39, 0.29) is 11.6 Å². The Kier molecular flexibility index (Phi) is 5.39. The Morgan fingerprint density at radius 3 is 2.40 bits per heavy atom. The number of halogens is 3. The summed E-state index contributed by atoms with van der Waals surface area (Å²) in [6.45, 7) is 0. The summed E-state index contributed by atoms with van der Waals surface area (Å²) in [7, 11) is 3.54. The molecule has 8 heteroatoms. The van der Waals surface area contributed by atoms with E-state index in [1.165, 1.54) is 12.1 Å². The molecule has 0 bridgehead atoms. The summed E-state index contributed by atoms with van der Waals surface area (Å²) in [5, 5.41) is 3.57. The van der Waals surface area contributed by atoms with E-state index in [0.717, 1.165) is 28.6 Å². The molecule has 0 spiro atoms. The number of anilines is 1. The third-order valence-corrected chi connectivity index (χ3v) is 6.57. The molecular formula is C27H22F3N3O2. The van der Waals surface area contributed by atoms with Crippen molar-refractivity contribution in [3.8, 4) is 0 Å². The molecule has 0 fully saturated rings. The van der Waals surface area contributed by atoms with Gasteiger partial charge in [-0.05, 0) is 35.9 Å². The fraction of sp³-hybridized carbons (Fsp3) is 0.185. The fourth-order valence-corrected chi connectivity index (χ4v) is 4.95. The summed E-state index contributed by atoms with van der Waals surface area (Å²) in [5.74, 6) is -1.55. The summed E-state index contributed by atoms with van der Waals surface area (Å²) < 4.78 is 41.6. The molecule has 3 aromatic carbocycles. The standard InChI is InChI=1S/C27H22F3N3O2/c1-32-15-21(18-10-5-6-13-22(18)32)24-23(19-11-3-4-12-20(19)26(35)33(24)2)25(34)31-17-9-7-8-16(14-17)27(28,29)30/h3-15,23-24H,1-2H3,(H,31,34)/t23-,24-/m0/s1. The van der Waals surface area contributed by atoms with Gasteiger partial charge in [0, 0.05) is 48.0 Å². The minimum atomic E-state index is -4.53. The average Bonchev–Trinajstić information content (AvgIpc) is 3.17. The minimum absolute atomic E-state index is 0.0403. The molecular weight excluding hydrogens is 455 g/mol. The topological polar surface area (TPSA) is 54.3 Å². The number of para-hydroxylation sites is 1. The lowest BCUT2D eigenvalue weighted by Crippen LogP contribution is -2.44. The number of nitrogens with zero attached hydrogens (tertiary/aromatic N) is 2. The van der Waals surface area contributed by atoms with Gasteiger partial charge in [-0.2, -0.15) is 13.2 Å². The number of aromatic nitrogens is 1. The number of fused-ring (bicyclic) bond motifs is 2. The Labute approximate surface area is 199 Å². The Morgan fingerprint density at radius 2 is 1.63 bits per heavy atom. The van der Waals surface area contributed by atoms with Crippen molar-refractivity contribution in [2.24, 2.45) is 7.05 Å². The summed E-state index contributed by atoms with van der Waals surface area (Å²) in [6, 6.07) is 18.5. The second kappa shape index (κ2) is 8.30. The van der Waals surface area contributed by atoms with Crippen LogP contribution in [-0.2, 0) is 18.0 Å². The maximum atomic E-state index is 13.7. The Morgan fingerprint density at radius 1 is 0.914 bits per heavy atom. The molecule has 2 heterocycles. The number of nitrogens with one attached hydrogen (secondary N) is 1. The van der Waals surface area contributed by atoms with Crippen molar-refractivity contribution in [2.45, 2.75) is 18.1 Å². The van der Waals surface area contributed by atoms with Crippen LogP contribution in [0, 0.1) is 0 Å². The van der Waals surface area contributed by atoms with E-state index in [0.29, 0.717) is 11.1 Å². The van der Waals surface area contributed by atoms with Crippen LogP contribution in [0.5, 0.6) is 0 Å². The zero-order valence-electron chi connectivity index (χ0n) is 19.0. The Balaban J connectivity index is 1.64. The maximum absolute atomic E-state index is 13.7. The molecule has 5 rings (SSSR count). The highest BCUT2D eigenvalue weighted by molar-refractivity contribution is 6.05. The van der Waals surface area contributed by atoms with Crippen LogP contribution in [0.1, 0.15) is 39.0 Å². The third kappa shape index (κ3) is 3.84. The number of likely N-dealkylation sites (N-methyl/N-ethyl adjacent to an activating group) is 1. The molecule has 1 aliphatic heterocycles. The lowest BCUT2D eigenvalue weighted by atomic mass is 9.79. The summed E-state index contributed by atoms with van der Waals surface area (Å²) >= 11 is 0. The molecule has 2 atom stereocenters. The van der Waals surface area contributed by atoms with Gasteiger partial charge in [0.2, 0.25) is 5.91 Å². The van der Waals surface area contributed by atoms with Crippen LogP contribution in [-0.4, -0.2) is 28.3 Å². The van der Waals surface area contributed by atoms with E-state index < -0.39 is 29.6 Å². The number of hydrogen-bond acceptors (Lipinski definition) is 2. The largest absolute Gasteiger partial charge is 0.416 e. The van der Waals surface area contributed by atoms with Gasteiger partial charge in [-0.15, -0.1) is 0 Å². The number of aryl methyl sites for hydroxylation is 1. The smallest absolute Gasteiger partial charge is 0.350 e. The molecule has 0 aliphatic carbocycles. The van der Waals surface area contributed by atoms with Crippen LogP contribution in [0.4, 0.5) is 18.9 Å². The molecule has 0 saturated heterocycles. The number of carbonyl (C=O) groups is 2. The van der Waals surface area contributed by atoms with Crippen LogP contribution < -0.4 is 5.32 Å². The molecule has 5 nitrogen and oxygen atoms in total. The summed E-state index contributed by atoms with van der Waals surface area (Å²) in [4.78, 5) is 28.6. The maximum Gasteiger partial charge on any atom is 0.416 e. The van der Waals surface area contributed by atoms with Crippen LogP contribution in [0.15, 0.2) is 79.0 Å². The number of amides is 2. The number of benzene rings is 3. The van der Waals surface area contributed by atoms with Gasteiger partial charge in [-0.1, -0.05) is 42.5 Å². The van der Waals surface area contributed by atoms with E-state index in [4.69, 9.17) is 0 Å². The zero-order valence-corrected chi connectivity index (χ0v) is 19.0. The van der Waals surface area contributed by atoms with Crippen LogP contribution >= 0.6 is 0 Å². The van der Waals surface area contributed by atoms with E-state index >= 15 is 0 Å². The van der Waals surface area contributed by atoms with Crippen molar-refractivity contribution >= 4 is 28.4 Å². The van der Waals surface area contributed by atoms with Gasteiger partial charge in [0.25, 0.3) is 5.91 Å². The summed E-state index contributed by atoms with van der Waals surface area (Å²) in [6.07, 6.45) is -2.63. The molecule has 1 aliphatic rings. The molecule has 4 aromatic rings.